The second-order valence-electron chi connectivity index (χ2n) is 5.08. The fourth-order valence-electron chi connectivity index (χ4n) is 2.17. The first-order valence-corrected chi connectivity index (χ1v) is 8.65. The van der Waals surface area contributed by atoms with Crippen LogP contribution >= 0.6 is 0 Å². The Morgan fingerprint density at radius 3 is 2.29 bits per heavy atom. The number of hydrogen-bond acceptors (Lipinski definition) is 4. The van der Waals surface area contributed by atoms with Crippen molar-refractivity contribution in [2.24, 2.45) is 5.73 Å². The van der Waals surface area contributed by atoms with Gasteiger partial charge in [0.25, 0.3) is 0 Å². The molecule has 0 aromatic heterocycles. The van der Waals surface area contributed by atoms with Crippen LogP contribution in [0.5, 0.6) is 0 Å². The van der Waals surface area contributed by atoms with Crippen LogP contribution in [0.4, 0.5) is 5.69 Å². The summed E-state index contributed by atoms with van der Waals surface area (Å²) < 4.78 is 23.6. The normalized spacial score (nSPS) is 12.9. The van der Waals surface area contributed by atoms with E-state index in [-0.39, 0.29) is 6.04 Å². The summed E-state index contributed by atoms with van der Waals surface area (Å²) in [7, 11) is -3.25. The largest absolute Gasteiger partial charge is 0.377 e. The van der Waals surface area contributed by atoms with Gasteiger partial charge in [0.05, 0.1) is 10.6 Å². The van der Waals surface area contributed by atoms with E-state index in [1.807, 2.05) is 37.3 Å². The van der Waals surface area contributed by atoms with E-state index in [0.29, 0.717) is 17.1 Å². The molecule has 2 aromatic rings. The van der Waals surface area contributed by atoms with Crippen molar-refractivity contribution in [2.45, 2.75) is 24.4 Å². The summed E-state index contributed by atoms with van der Waals surface area (Å²) in [6.07, 6.45) is 1.22. The van der Waals surface area contributed by atoms with Crippen LogP contribution < -0.4 is 11.1 Å². The van der Waals surface area contributed by atoms with E-state index < -0.39 is 9.84 Å². The summed E-state index contributed by atoms with van der Waals surface area (Å²) in [4.78, 5) is 0.315. The molecule has 2 rings (SSSR count). The zero-order chi connectivity index (χ0) is 15.5. The molecule has 0 aliphatic rings. The topological polar surface area (TPSA) is 72.2 Å². The van der Waals surface area contributed by atoms with E-state index in [1.54, 1.807) is 18.2 Å². The van der Waals surface area contributed by atoms with Gasteiger partial charge in [-0.15, -0.1) is 0 Å². The Hall–Kier alpha value is -1.85. The molecule has 2 aromatic carbocycles. The fourth-order valence-corrected chi connectivity index (χ4v) is 3.02. The van der Waals surface area contributed by atoms with Gasteiger partial charge in [-0.2, -0.15) is 0 Å². The first kappa shape index (κ1) is 15.5. The van der Waals surface area contributed by atoms with E-state index >= 15 is 0 Å². The Kier molecular flexibility index (Phi) is 4.65. The molecule has 0 aliphatic carbocycles. The average Bonchev–Trinajstić information content (AvgIpc) is 2.47. The van der Waals surface area contributed by atoms with E-state index in [4.69, 9.17) is 5.73 Å². The maximum Gasteiger partial charge on any atom is 0.177 e. The summed E-state index contributed by atoms with van der Waals surface area (Å²) in [5, 5.41) is 3.26. The minimum atomic E-state index is -3.25. The molecule has 1 unspecified atom stereocenters. The zero-order valence-electron chi connectivity index (χ0n) is 12.2. The summed E-state index contributed by atoms with van der Waals surface area (Å²) in [5.41, 5.74) is 8.36. The van der Waals surface area contributed by atoms with Crippen molar-refractivity contribution in [1.82, 2.24) is 0 Å². The summed E-state index contributed by atoms with van der Waals surface area (Å²) in [5.74, 6) is 0. The number of hydrogen-bond donors (Lipinski definition) is 2. The molecular weight excluding hydrogens is 284 g/mol. The molecule has 0 amide bonds. The van der Waals surface area contributed by atoms with Crippen LogP contribution in [0.15, 0.2) is 53.4 Å². The monoisotopic (exact) mass is 304 g/mol. The Morgan fingerprint density at radius 1 is 1.10 bits per heavy atom. The smallest absolute Gasteiger partial charge is 0.177 e. The van der Waals surface area contributed by atoms with Crippen LogP contribution in [0.3, 0.4) is 0 Å². The van der Waals surface area contributed by atoms with Crippen molar-refractivity contribution in [2.75, 3.05) is 11.6 Å². The first-order chi connectivity index (χ1) is 9.91. The van der Waals surface area contributed by atoms with Crippen molar-refractivity contribution in [3.8, 4) is 0 Å². The lowest BCUT2D eigenvalue weighted by Crippen LogP contribution is -2.10. The number of sulfone groups is 1. The summed E-state index contributed by atoms with van der Waals surface area (Å²) in [6, 6.07) is 14.9. The Bertz CT molecular complexity index is 709. The molecule has 0 fully saturated rings. The lowest BCUT2D eigenvalue weighted by atomic mass is 10.1. The van der Waals surface area contributed by atoms with E-state index in [2.05, 4.69) is 5.32 Å². The zero-order valence-corrected chi connectivity index (χ0v) is 13.0. The summed E-state index contributed by atoms with van der Waals surface area (Å²) in [6.45, 7) is 2.51. The molecule has 0 spiro atoms. The number of para-hydroxylation sites is 1. The number of nitrogens with one attached hydrogen (secondary N) is 1. The van der Waals surface area contributed by atoms with Gasteiger partial charge in [0.1, 0.15) is 0 Å². The van der Waals surface area contributed by atoms with Gasteiger partial charge >= 0.3 is 0 Å². The predicted octanol–water partition coefficient (Wildman–Crippen LogP) is 2.72. The molecule has 0 saturated heterocycles. The van der Waals surface area contributed by atoms with Gasteiger partial charge in [-0.3, -0.25) is 0 Å². The van der Waals surface area contributed by atoms with E-state index in [0.717, 1.165) is 11.1 Å². The molecule has 5 heteroatoms. The maximum atomic E-state index is 11.8. The van der Waals surface area contributed by atoms with Crippen molar-refractivity contribution < 1.29 is 8.42 Å². The van der Waals surface area contributed by atoms with Crippen LogP contribution in [0.25, 0.3) is 0 Å². The van der Waals surface area contributed by atoms with Crippen LogP contribution in [0.1, 0.15) is 24.1 Å². The van der Waals surface area contributed by atoms with Gasteiger partial charge in [0.15, 0.2) is 9.84 Å². The lowest BCUT2D eigenvalue weighted by Gasteiger charge is -2.18. The van der Waals surface area contributed by atoms with Gasteiger partial charge in [0, 0.05) is 18.8 Å². The molecule has 3 N–H and O–H groups in total. The third kappa shape index (κ3) is 3.83. The molecule has 0 saturated carbocycles. The minimum Gasteiger partial charge on any atom is -0.377 e. The highest BCUT2D eigenvalue weighted by Crippen LogP contribution is 2.25. The molecule has 0 bridgehead atoms. The standard InChI is InChI=1S/C16H20N2O2S/c1-12(14-9-7-13(11-17)8-10-14)18-15-5-3-4-6-16(15)21(2,19)20/h3-10,12,18H,11,17H2,1-2H3. The molecule has 0 radical (unpaired) electrons. The summed E-state index contributed by atoms with van der Waals surface area (Å²) >= 11 is 0. The Labute approximate surface area is 125 Å². The van der Waals surface area contributed by atoms with Crippen LogP contribution in [-0.4, -0.2) is 14.7 Å². The number of anilines is 1. The molecule has 0 heterocycles. The van der Waals surface area contributed by atoms with Crippen molar-refractivity contribution >= 4 is 15.5 Å². The number of nitrogens with two attached hydrogens (primary N) is 1. The molecule has 4 nitrogen and oxygen atoms in total. The van der Waals surface area contributed by atoms with Crippen LogP contribution in [-0.2, 0) is 16.4 Å². The van der Waals surface area contributed by atoms with Gasteiger partial charge in [-0.1, -0.05) is 36.4 Å². The fraction of sp³-hybridized carbons (Fsp3) is 0.250. The second-order valence-corrected chi connectivity index (χ2v) is 7.06. The lowest BCUT2D eigenvalue weighted by molar-refractivity contribution is 0.602. The van der Waals surface area contributed by atoms with Crippen LogP contribution in [0, 0.1) is 0 Å². The molecule has 112 valence electrons. The number of benzene rings is 2. The number of rotatable bonds is 5. The highest BCUT2D eigenvalue weighted by molar-refractivity contribution is 7.90. The predicted molar refractivity (Wildman–Crippen MR) is 85.9 cm³/mol. The maximum absolute atomic E-state index is 11.8. The quantitative estimate of drug-likeness (QED) is 0.891. The second kappa shape index (κ2) is 6.28. The van der Waals surface area contributed by atoms with Crippen molar-refractivity contribution in [3.05, 3.63) is 59.7 Å². The van der Waals surface area contributed by atoms with Gasteiger partial charge < -0.3 is 11.1 Å². The van der Waals surface area contributed by atoms with Crippen molar-refractivity contribution in [1.29, 1.82) is 0 Å². The van der Waals surface area contributed by atoms with E-state index in [1.165, 1.54) is 6.26 Å². The highest BCUT2D eigenvalue weighted by atomic mass is 32.2. The molecular formula is C16H20N2O2S. The van der Waals surface area contributed by atoms with Crippen molar-refractivity contribution in [3.63, 3.8) is 0 Å². The van der Waals surface area contributed by atoms with Gasteiger partial charge in [-0.05, 0) is 30.2 Å². The third-order valence-corrected chi connectivity index (χ3v) is 4.53. The van der Waals surface area contributed by atoms with Gasteiger partial charge in [0.2, 0.25) is 0 Å². The van der Waals surface area contributed by atoms with E-state index in [9.17, 15) is 8.42 Å². The third-order valence-electron chi connectivity index (χ3n) is 3.37. The molecule has 21 heavy (non-hydrogen) atoms. The minimum absolute atomic E-state index is 0.000255. The Balaban J connectivity index is 2.25. The highest BCUT2D eigenvalue weighted by Gasteiger charge is 2.14. The van der Waals surface area contributed by atoms with Crippen LogP contribution in [0.2, 0.25) is 0 Å². The Morgan fingerprint density at radius 2 is 1.71 bits per heavy atom. The molecule has 1 atom stereocenters. The first-order valence-electron chi connectivity index (χ1n) is 6.76. The SMILES string of the molecule is CC(Nc1ccccc1S(C)(=O)=O)c1ccc(CN)cc1. The van der Waals surface area contributed by atoms with Gasteiger partial charge in [-0.25, -0.2) is 8.42 Å². The molecule has 0 aliphatic heterocycles. The average molecular weight is 304 g/mol.